The summed E-state index contributed by atoms with van der Waals surface area (Å²) in [7, 11) is 0. The van der Waals surface area contributed by atoms with Gasteiger partial charge in [0.2, 0.25) is 0 Å². The van der Waals surface area contributed by atoms with E-state index >= 15 is 0 Å². The third kappa shape index (κ3) is 3.46. The minimum absolute atomic E-state index is 0.231. The molecule has 0 aliphatic carbocycles. The van der Waals surface area contributed by atoms with Gasteiger partial charge in [-0.25, -0.2) is 0 Å². The Balaban J connectivity index is 2.51. The van der Waals surface area contributed by atoms with Gasteiger partial charge in [-0.15, -0.1) is 0 Å². The number of nitrogens with zero attached hydrogens (tertiary/aromatic N) is 1. The first-order valence-electron chi connectivity index (χ1n) is 6.32. The molecule has 1 aliphatic rings. The van der Waals surface area contributed by atoms with Crippen LogP contribution in [0.15, 0.2) is 0 Å². The number of nitrogens with two attached hydrogens (primary N) is 1. The van der Waals surface area contributed by atoms with Crippen molar-refractivity contribution in [1.82, 2.24) is 4.90 Å². The molecule has 0 aromatic carbocycles. The molecule has 0 amide bonds. The van der Waals surface area contributed by atoms with Crippen molar-refractivity contribution in [3.05, 3.63) is 0 Å². The van der Waals surface area contributed by atoms with Crippen LogP contribution in [0.25, 0.3) is 0 Å². The molecule has 0 bridgehead atoms. The Kier molecular flexibility index (Phi) is 4.19. The fourth-order valence-corrected chi connectivity index (χ4v) is 2.36. The van der Waals surface area contributed by atoms with E-state index in [9.17, 15) is 0 Å². The van der Waals surface area contributed by atoms with Crippen molar-refractivity contribution in [2.75, 3.05) is 13.1 Å². The van der Waals surface area contributed by atoms with Gasteiger partial charge in [-0.1, -0.05) is 20.8 Å². The first kappa shape index (κ1) is 13.0. The van der Waals surface area contributed by atoms with Crippen LogP contribution >= 0.6 is 0 Å². The highest BCUT2D eigenvalue weighted by molar-refractivity contribution is 4.85. The fraction of sp³-hybridized carbons (Fsp3) is 1.00. The highest BCUT2D eigenvalue weighted by atomic mass is 15.2. The summed E-state index contributed by atoms with van der Waals surface area (Å²) in [6.07, 6.45) is 2.69. The van der Waals surface area contributed by atoms with Crippen molar-refractivity contribution in [2.24, 2.45) is 17.1 Å². The van der Waals surface area contributed by atoms with Crippen LogP contribution in [-0.2, 0) is 0 Å². The van der Waals surface area contributed by atoms with E-state index in [2.05, 4.69) is 39.5 Å². The molecule has 2 N–H and O–H groups in total. The van der Waals surface area contributed by atoms with Gasteiger partial charge in [0.05, 0.1) is 0 Å². The molecule has 0 saturated carbocycles. The lowest BCUT2D eigenvalue weighted by Gasteiger charge is -2.42. The average molecular weight is 212 g/mol. The van der Waals surface area contributed by atoms with Crippen LogP contribution < -0.4 is 5.73 Å². The van der Waals surface area contributed by atoms with E-state index in [1.54, 1.807) is 0 Å². The number of piperidine rings is 1. The largest absolute Gasteiger partial charge is 0.327 e. The molecule has 15 heavy (non-hydrogen) atoms. The first-order valence-corrected chi connectivity index (χ1v) is 6.32. The van der Waals surface area contributed by atoms with Crippen LogP contribution in [0.5, 0.6) is 0 Å². The SMILES string of the molecule is CC1CCN(CC(C)(C)C(C)N)C(C)C1. The van der Waals surface area contributed by atoms with Gasteiger partial charge in [-0.3, -0.25) is 0 Å². The van der Waals surface area contributed by atoms with Gasteiger partial charge >= 0.3 is 0 Å². The molecule has 1 rings (SSSR count). The molecule has 3 unspecified atom stereocenters. The number of rotatable bonds is 3. The average Bonchev–Trinajstić information content (AvgIpc) is 2.09. The Hall–Kier alpha value is -0.0800. The number of hydrogen-bond acceptors (Lipinski definition) is 2. The maximum atomic E-state index is 6.03. The van der Waals surface area contributed by atoms with E-state index in [1.807, 2.05) is 0 Å². The highest BCUT2D eigenvalue weighted by Gasteiger charge is 2.30. The second-order valence-corrected chi connectivity index (χ2v) is 6.23. The lowest BCUT2D eigenvalue weighted by atomic mass is 9.83. The first-order chi connectivity index (χ1) is 6.83. The summed E-state index contributed by atoms with van der Waals surface area (Å²) in [5, 5.41) is 0. The van der Waals surface area contributed by atoms with E-state index < -0.39 is 0 Å². The Bertz CT molecular complexity index is 199. The smallest absolute Gasteiger partial charge is 0.00739 e. The van der Waals surface area contributed by atoms with Gasteiger partial charge in [0.15, 0.2) is 0 Å². The number of hydrogen-bond donors (Lipinski definition) is 1. The molecule has 1 saturated heterocycles. The van der Waals surface area contributed by atoms with Crippen molar-refractivity contribution in [1.29, 1.82) is 0 Å². The Morgan fingerprint density at radius 1 is 1.40 bits per heavy atom. The van der Waals surface area contributed by atoms with Crippen LogP contribution in [0.4, 0.5) is 0 Å². The summed E-state index contributed by atoms with van der Waals surface area (Å²) in [5.74, 6) is 0.898. The monoisotopic (exact) mass is 212 g/mol. The molecule has 0 spiro atoms. The van der Waals surface area contributed by atoms with E-state index in [0.717, 1.165) is 18.5 Å². The Labute approximate surface area is 95.2 Å². The molecule has 1 aliphatic heterocycles. The maximum Gasteiger partial charge on any atom is 0.00739 e. The lowest BCUT2D eigenvalue weighted by molar-refractivity contribution is 0.0759. The molecule has 0 radical (unpaired) electrons. The van der Waals surface area contributed by atoms with Gasteiger partial charge in [0, 0.05) is 18.6 Å². The molecular formula is C13H28N2. The van der Waals surface area contributed by atoms with Crippen LogP contribution in [0.1, 0.15) is 47.5 Å². The maximum absolute atomic E-state index is 6.03. The quantitative estimate of drug-likeness (QED) is 0.779. The zero-order valence-corrected chi connectivity index (χ0v) is 11.1. The Morgan fingerprint density at radius 3 is 2.47 bits per heavy atom. The number of likely N-dealkylation sites (tertiary alicyclic amines) is 1. The van der Waals surface area contributed by atoms with Gasteiger partial charge in [-0.2, -0.15) is 0 Å². The lowest BCUT2D eigenvalue weighted by Crippen LogP contribution is -2.49. The van der Waals surface area contributed by atoms with E-state index in [4.69, 9.17) is 5.73 Å². The van der Waals surface area contributed by atoms with Crippen molar-refractivity contribution in [3.63, 3.8) is 0 Å². The second-order valence-electron chi connectivity index (χ2n) is 6.23. The molecule has 90 valence electrons. The highest BCUT2D eigenvalue weighted by Crippen LogP contribution is 2.27. The summed E-state index contributed by atoms with van der Waals surface area (Å²) in [4.78, 5) is 2.61. The van der Waals surface area contributed by atoms with Gasteiger partial charge in [0.25, 0.3) is 0 Å². The van der Waals surface area contributed by atoms with Gasteiger partial charge < -0.3 is 10.6 Å². The van der Waals surface area contributed by atoms with Crippen molar-refractivity contribution in [3.8, 4) is 0 Å². The predicted octanol–water partition coefficient (Wildman–Crippen LogP) is 2.48. The summed E-state index contributed by atoms with van der Waals surface area (Å²) in [6, 6.07) is 0.996. The molecule has 0 aromatic heterocycles. The van der Waals surface area contributed by atoms with Crippen LogP contribution in [0, 0.1) is 11.3 Å². The molecule has 1 fully saturated rings. The molecule has 1 heterocycles. The van der Waals surface area contributed by atoms with Crippen LogP contribution in [-0.4, -0.2) is 30.1 Å². The third-order valence-corrected chi connectivity index (χ3v) is 4.12. The zero-order valence-electron chi connectivity index (χ0n) is 11.1. The van der Waals surface area contributed by atoms with Crippen LogP contribution in [0.2, 0.25) is 0 Å². The van der Waals surface area contributed by atoms with Crippen molar-refractivity contribution >= 4 is 0 Å². The molecular weight excluding hydrogens is 184 g/mol. The van der Waals surface area contributed by atoms with E-state index in [-0.39, 0.29) is 11.5 Å². The summed E-state index contributed by atoms with van der Waals surface area (Å²) in [5.41, 5.74) is 6.26. The van der Waals surface area contributed by atoms with Crippen molar-refractivity contribution < 1.29 is 0 Å². The fourth-order valence-electron chi connectivity index (χ4n) is 2.36. The molecule has 0 aromatic rings. The minimum Gasteiger partial charge on any atom is -0.327 e. The minimum atomic E-state index is 0.231. The van der Waals surface area contributed by atoms with E-state index in [0.29, 0.717) is 0 Å². The summed E-state index contributed by atoms with van der Waals surface area (Å²) in [6.45, 7) is 13.8. The van der Waals surface area contributed by atoms with E-state index in [1.165, 1.54) is 19.4 Å². The predicted molar refractivity (Wildman–Crippen MR) is 66.9 cm³/mol. The van der Waals surface area contributed by atoms with Crippen molar-refractivity contribution in [2.45, 2.75) is 59.5 Å². The second kappa shape index (κ2) is 4.84. The Morgan fingerprint density at radius 2 is 2.00 bits per heavy atom. The molecule has 2 nitrogen and oxygen atoms in total. The summed E-state index contributed by atoms with van der Waals surface area (Å²) < 4.78 is 0. The molecule has 2 heteroatoms. The zero-order chi connectivity index (χ0) is 11.6. The standard InChI is InChI=1S/C13H28N2/c1-10-6-7-15(11(2)8-10)9-13(4,5)12(3)14/h10-12H,6-9,14H2,1-5H3. The molecule has 3 atom stereocenters. The topological polar surface area (TPSA) is 29.3 Å². The third-order valence-electron chi connectivity index (χ3n) is 4.12. The van der Waals surface area contributed by atoms with Gasteiger partial charge in [0.1, 0.15) is 0 Å². The van der Waals surface area contributed by atoms with Gasteiger partial charge in [-0.05, 0) is 44.6 Å². The summed E-state index contributed by atoms with van der Waals surface area (Å²) >= 11 is 0. The van der Waals surface area contributed by atoms with Crippen LogP contribution in [0.3, 0.4) is 0 Å². The normalized spacial score (nSPS) is 31.6.